The fourth-order valence-corrected chi connectivity index (χ4v) is 4.47. The van der Waals surface area contributed by atoms with Crippen molar-refractivity contribution < 1.29 is 4.79 Å². The molecule has 1 aliphatic heterocycles. The zero-order valence-corrected chi connectivity index (χ0v) is 15.8. The minimum absolute atomic E-state index is 0.159. The number of hydrogen-bond donors (Lipinski definition) is 0. The molecule has 0 N–H and O–H groups in total. The summed E-state index contributed by atoms with van der Waals surface area (Å²) in [6.45, 7) is 1.39. The molecule has 2 aromatic carbocycles. The normalized spacial score (nSPS) is 12.9. The number of benzene rings is 2. The third-order valence-corrected chi connectivity index (χ3v) is 5.78. The van der Waals surface area contributed by atoms with E-state index in [2.05, 4.69) is 21.7 Å². The van der Waals surface area contributed by atoms with Crippen LogP contribution in [0.15, 0.2) is 53.7 Å². The number of thioether (sulfide) groups is 1. The van der Waals surface area contributed by atoms with Crippen LogP contribution >= 0.6 is 11.8 Å². The molecule has 0 saturated carbocycles. The number of nitrogens with zero attached hydrogens (tertiary/aromatic N) is 4. The van der Waals surface area contributed by atoms with Crippen molar-refractivity contribution in [1.29, 1.82) is 5.26 Å². The maximum atomic E-state index is 12.7. The number of amides is 1. The Kier molecular flexibility index (Phi) is 5.12. The average Bonchev–Trinajstić information content (AvgIpc) is 3.27. The van der Waals surface area contributed by atoms with Gasteiger partial charge in [0, 0.05) is 31.0 Å². The number of rotatable bonds is 6. The zero-order valence-electron chi connectivity index (χ0n) is 15.0. The summed E-state index contributed by atoms with van der Waals surface area (Å²) in [5, 5.41) is 9.81. The van der Waals surface area contributed by atoms with E-state index in [-0.39, 0.29) is 5.91 Å². The largest absolute Gasteiger partial charge is 0.318 e. The van der Waals surface area contributed by atoms with Gasteiger partial charge in [-0.25, -0.2) is 4.98 Å². The van der Waals surface area contributed by atoms with Gasteiger partial charge in [-0.3, -0.25) is 4.79 Å². The summed E-state index contributed by atoms with van der Waals surface area (Å²) in [6, 6.07) is 18.3. The molecular weight excluding hydrogens is 356 g/mol. The fourth-order valence-electron chi connectivity index (χ4n) is 3.50. The van der Waals surface area contributed by atoms with E-state index in [1.165, 1.54) is 5.56 Å². The molecular formula is C21H20N4OS. The van der Waals surface area contributed by atoms with Crippen molar-refractivity contribution in [1.82, 2.24) is 9.55 Å². The molecule has 136 valence electrons. The summed E-state index contributed by atoms with van der Waals surface area (Å²) in [5.74, 6) is 0.833. The summed E-state index contributed by atoms with van der Waals surface area (Å²) >= 11 is 1.59. The Morgan fingerprint density at radius 2 is 2.00 bits per heavy atom. The molecule has 1 aromatic heterocycles. The number of anilines is 1. The Balaban J connectivity index is 1.43. The first-order valence-corrected chi connectivity index (χ1v) is 10.1. The molecule has 4 rings (SSSR count). The van der Waals surface area contributed by atoms with E-state index in [0.717, 1.165) is 34.8 Å². The minimum Gasteiger partial charge on any atom is -0.318 e. The molecule has 0 radical (unpaired) electrons. The Labute approximate surface area is 162 Å². The Morgan fingerprint density at radius 3 is 2.89 bits per heavy atom. The summed E-state index contributed by atoms with van der Waals surface area (Å²) in [7, 11) is 0. The molecule has 0 fully saturated rings. The van der Waals surface area contributed by atoms with Gasteiger partial charge in [-0.05, 0) is 30.2 Å². The molecule has 3 aromatic rings. The average molecular weight is 376 g/mol. The first-order chi connectivity index (χ1) is 13.3. The van der Waals surface area contributed by atoms with Crippen molar-refractivity contribution in [3.8, 4) is 6.07 Å². The Hall–Kier alpha value is -2.78. The first kappa shape index (κ1) is 17.6. The Morgan fingerprint density at radius 1 is 1.19 bits per heavy atom. The summed E-state index contributed by atoms with van der Waals surface area (Å²) in [4.78, 5) is 19.3. The second kappa shape index (κ2) is 7.85. The smallest absolute Gasteiger partial charge is 0.227 e. The van der Waals surface area contributed by atoms with Gasteiger partial charge in [0.25, 0.3) is 0 Å². The van der Waals surface area contributed by atoms with Gasteiger partial charge in [-0.1, -0.05) is 42.1 Å². The monoisotopic (exact) mass is 376 g/mol. The highest BCUT2D eigenvalue weighted by atomic mass is 32.2. The lowest BCUT2D eigenvalue weighted by atomic mass is 10.2. The molecule has 27 heavy (non-hydrogen) atoms. The highest BCUT2D eigenvalue weighted by molar-refractivity contribution is 7.99. The number of carbonyl (C=O) groups is 1. The van der Waals surface area contributed by atoms with E-state index in [4.69, 9.17) is 5.26 Å². The van der Waals surface area contributed by atoms with Crippen LogP contribution in [0.4, 0.5) is 5.69 Å². The van der Waals surface area contributed by atoms with Crippen LogP contribution in [0.5, 0.6) is 0 Å². The topological polar surface area (TPSA) is 61.9 Å². The standard InChI is InChI=1S/C21H20N4OS/c22-12-5-13-25-19-9-4-2-7-17(19)23-21(25)27-15-11-20(26)24-14-10-16-6-1-3-8-18(16)24/h1-4,6-9H,5,10-11,13-15H2. The van der Waals surface area contributed by atoms with Crippen LogP contribution in [0, 0.1) is 11.3 Å². The first-order valence-electron chi connectivity index (χ1n) is 9.11. The van der Waals surface area contributed by atoms with E-state index >= 15 is 0 Å². The third kappa shape index (κ3) is 3.56. The van der Waals surface area contributed by atoms with Gasteiger partial charge < -0.3 is 9.47 Å². The maximum absolute atomic E-state index is 12.7. The van der Waals surface area contributed by atoms with Crippen molar-refractivity contribution in [3.05, 3.63) is 54.1 Å². The number of aromatic nitrogens is 2. The van der Waals surface area contributed by atoms with E-state index in [0.29, 0.717) is 25.1 Å². The number of aryl methyl sites for hydroxylation is 1. The van der Waals surface area contributed by atoms with Crippen LogP contribution in [0.2, 0.25) is 0 Å². The van der Waals surface area contributed by atoms with Gasteiger partial charge in [-0.2, -0.15) is 5.26 Å². The van der Waals surface area contributed by atoms with E-state index in [1.807, 2.05) is 47.4 Å². The van der Waals surface area contributed by atoms with Crippen LogP contribution in [0.25, 0.3) is 11.0 Å². The second-order valence-electron chi connectivity index (χ2n) is 6.47. The molecule has 6 heteroatoms. The molecule has 5 nitrogen and oxygen atoms in total. The molecule has 0 unspecified atom stereocenters. The van der Waals surface area contributed by atoms with Crippen LogP contribution in [0.1, 0.15) is 18.4 Å². The molecule has 0 saturated heterocycles. The van der Waals surface area contributed by atoms with Crippen LogP contribution in [-0.2, 0) is 17.8 Å². The van der Waals surface area contributed by atoms with Gasteiger partial charge in [0.05, 0.1) is 23.5 Å². The summed E-state index contributed by atoms with van der Waals surface area (Å²) < 4.78 is 2.08. The molecule has 2 heterocycles. The number of carbonyl (C=O) groups excluding carboxylic acids is 1. The fraction of sp³-hybridized carbons (Fsp3) is 0.286. The van der Waals surface area contributed by atoms with Crippen LogP contribution in [0.3, 0.4) is 0 Å². The maximum Gasteiger partial charge on any atom is 0.227 e. The highest BCUT2D eigenvalue weighted by Crippen LogP contribution is 2.29. The lowest BCUT2D eigenvalue weighted by Gasteiger charge is -2.17. The number of para-hydroxylation sites is 3. The molecule has 0 aliphatic carbocycles. The van der Waals surface area contributed by atoms with Crippen molar-refractivity contribution in [2.45, 2.75) is 31.0 Å². The molecule has 0 spiro atoms. The minimum atomic E-state index is 0.159. The van der Waals surface area contributed by atoms with Gasteiger partial charge in [-0.15, -0.1) is 0 Å². The lowest BCUT2D eigenvalue weighted by molar-refractivity contribution is -0.118. The highest BCUT2D eigenvalue weighted by Gasteiger charge is 2.23. The van der Waals surface area contributed by atoms with E-state index in [9.17, 15) is 4.79 Å². The summed E-state index contributed by atoms with van der Waals surface area (Å²) in [6.07, 6.45) is 1.84. The third-order valence-electron chi connectivity index (χ3n) is 4.80. The predicted molar refractivity (Wildman–Crippen MR) is 108 cm³/mol. The Bertz CT molecular complexity index is 1020. The number of imidazole rings is 1. The molecule has 1 amide bonds. The molecule has 1 aliphatic rings. The molecule has 0 bridgehead atoms. The lowest BCUT2D eigenvalue weighted by Crippen LogP contribution is -2.29. The van der Waals surface area contributed by atoms with Gasteiger partial charge in [0.1, 0.15) is 0 Å². The zero-order chi connectivity index (χ0) is 18.6. The van der Waals surface area contributed by atoms with Crippen LogP contribution in [-0.4, -0.2) is 27.8 Å². The summed E-state index contributed by atoms with van der Waals surface area (Å²) in [5.41, 5.74) is 4.26. The van der Waals surface area contributed by atoms with Crippen molar-refractivity contribution in [2.75, 3.05) is 17.2 Å². The van der Waals surface area contributed by atoms with Gasteiger partial charge in [0.2, 0.25) is 5.91 Å². The second-order valence-corrected chi connectivity index (χ2v) is 7.53. The molecule has 0 atom stereocenters. The number of fused-ring (bicyclic) bond motifs is 2. The number of nitriles is 1. The van der Waals surface area contributed by atoms with Gasteiger partial charge >= 0.3 is 0 Å². The van der Waals surface area contributed by atoms with E-state index in [1.54, 1.807) is 11.8 Å². The van der Waals surface area contributed by atoms with E-state index < -0.39 is 0 Å². The quantitative estimate of drug-likeness (QED) is 0.610. The van der Waals surface area contributed by atoms with Crippen molar-refractivity contribution in [3.63, 3.8) is 0 Å². The number of hydrogen-bond acceptors (Lipinski definition) is 4. The van der Waals surface area contributed by atoms with Crippen molar-refractivity contribution in [2.24, 2.45) is 0 Å². The van der Waals surface area contributed by atoms with Crippen LogP contribution < -0.4 is 4.90 Å². The predicted octanol–water partition coefficient (Wildman–Crippen LogP) is 4.02. The van der Waals surface area contributed by atoms with Gasteiger partial charge in [0.15, 0.2) is 5.16 Å². The van der Waals surface area contributed by atoms with Crippen molar-refractivity contribution >= 4 is 34.4 Å². The SMILES string of the molecule is N#CCCn1c(SCCC(=O)N2CCc3ccccc32)nc2ccccc21.